The third-order valence-electron chi connectivity index (χ3n) is 5.73. The van der Waals surface area contributed by atoms with Gasteiger partial charge in [-0.15, -0.1) is 0 Å². The summed E-state index contributed by atoms with van der Waals surface area (Å²) >= 11 is 0. The number of halogens is 2. The van der Waals surface area contributed by atoms with Crippen LogP contribution >= 0.6 is 0 Å². The molecule has 1 heterocycles. The van der Waals surface area contributed by atoms with Crippen LogP contribution in [0.25, 0.3) is 0 Å². The molecule has 0 bridgehead atoms. The lowest BCUT2D eigenvalue weighted by molar-refractivity contribution is -0.148. The highest BCUT2D eigenvalue weighted by Gasteiger charge is 2.33. The van der Waals surface area contributed by atoms with E-state index in [0.29, 0.717) is 0 Å². The van der Waals surface area contributed by atoms with Crippen molar-refractivity contribution in [2.45, 2.75) is 43.9 Å². The molecule has 0 spiro atoms. The van der Waals surface area contributed by atoms with Crippen molar-refractivity contribution in [1.82, 2.24) is 4.31 Å². The zero-order valence-corrected chi connectivity index (χ0v) is 19.6. The van der Waals surface area contributed by atoms with Gasteiger partial charge in [0.1, 0.15) is 0 Å². The molecule has 2 aromatic carbocycles. The van der Waals surface area contributed by atoms with E-state index in [4.69, 9.17) is 4.74 Å². The van der Waals surface area contributed by atoms with E-state index in [2.05, 4.69) is 0 Å². The van der Waals surface area contributed by atoms with E-state index >= 15 is 0 Å². The first-order valence-electron chi connectivity index (χ1n) is 10.6. The van der Waals surface area contributed by atoms with Gasteiger partial charge in [-0.1, -0.05) is 32.9 Å². The van der Waals surface area contributed by atoms with Gasteiger partial charge in [-0.25, -0.2) is 17.2 Å². The Morgan fingerprint density at radius 3 is 2.15 bits per heavy atom. The molecule has 0 amide bonds. The molecule has 9 heteroatoms. The minimum atomic E-state index is -3.68. The number of hydrogen-bond donors (Lipinski definition) is 0. The van der Waals surface area contributed by atoms with Crippen LogP contribution in [-0.2, 0) is 25.0 Å². The van der Waals surface area contributed by atoms with E-state index < -0.39 is 45.9 Å². The minimum absolute atomic E-state index is 0.0900. The van der Waals surface area contributed by atoms with Crippen LogP contribution < -0.4 is 0 Å². The number of sulfonamides is 1. The van der Waals surface area contributed by atoms with Crippen LogP contribution in [0.1, 0.15) is 49.5 Å². The summed E-state index contributed by atoms with van der Waals surface area (Å²) in [7, 11) is -3.68. The number of esters is 1. The summed E-state index contributed by atoms with van der Waals surface area (Å²) in [5, 5.41) is 0. The molecule has 6 nitrogen and oxygen atoms in total. The van der Waals surface area contributed by atoms with Gasteiger partial charge >= 0.3 is 5.97 Å². The second-order valence-electron chi connectivity index (χ2n) is 9.11. The van der Waals surface area contributed by atoms with Crippen molar-refractivity contribution in [3.05, 3.63) is 65.2 Å². The van der Waals surface area contributed by atoms with Crippen molar-refractivity contribution >= 4 is 21.8 Å². The molecule has 0 saturated carbocycles. The van der Waals surface area contributed by atoms with Gasteiger partial charge in [-0.2, -0.15) is 4.31 Å². The van der Waals surface area contributed by atoms with Crippen molar-refractivity contribution in [2.24, 2.45) is 5.92 Å². The minimum Gasteiger partial charge on any atom is -0.457 e. The molecule has 1 aliphatic heterocycles. The third kappa shape index (κ3) is 5.83. The summed E-state index contributed by atoms with van der Waals surface area (Å²) in [4.78, 5) is 24.6. The highest BCUT2D eigenvalue weighted by atomic mass is 32.2. The maximum absolute atomic E-state index is 13.3. The number of rotatable bonds is 6. The van der Waals surface area contributed by atoms with Crippen LogP contribution in [0.5, 0.6) is 0 Å². The average molecular weight is 480 g/mol. The molecule has 0 N–H and O–H groups in total. The van der Waals surface area contributed by atoms with E-state index in [1.54, 1.807) is 24.3 Å². The predicted molar refractivity (Wildman–Crippen MR) is 118 cm³/mol. The van der Waals surface area contributed by atoms with Crippen LogP contribution in [0, 0.1) is 17.6 Å². The number of hydrogen-bond acceptors (Lipinski definition) is 5. The fraction of sp³-hybridized carbons (Fsp3) is 0.417. The Hall–Kier alpha value is -2.65. The van der Waals surface area contributed by atoms with Crippen molar-refractivity contribution in [3.8, 4) is 0 Å². The van der Waals surface area contributed by atoms with E-state index in [-0.39, 0.29) is 41.8 Å². The Bertz CT molecular complexity index is 1130. The van der Waals surface area contributed by atoms with Gasteiger partial charge < -0.3 is 4.74 Å². The standard InChI is InChI=1S/C24H27F2NO5S/c1-24(2,3)18-5-7-19(8-6-18)33(30,31)27-12-10-16(11-13-27)23(29)32-15-22(28)17-4-9-20(25)21(26)14-17/h4-9,14,16H,10-13,15H2,1-3H3. The normalized spacial score (nSPS) is 15.9. The Balaban J connectivity index is 1.54. The zero-order valence-electron chi connectivity index (χ0n) is 18.8. The Morgan fingerprint density at radius 1 is 1.00 bits per heavy atom. The largest absolute Gasteiger partial charge is 0.457 e. The summed E-state index contributed by atoms with van der Waals surface area (Å²) in [6, 6.07) is 9.51. The van der Waals surface area contributed by atoms with Gasteiger partial charge in [0.2, 0.25) is 10.0 Å². The topological polar surface area (TPSA) is 80.8 Å². The number of ketones is 1. The summed E-state index contributed by atoms with van der Waals surface area (Å²) < 4.78 is 58.6. The van der Waals surface area contributed by atoms with Crippen molar-refractivity contribution in [3.63, 3.8) is 0 Å². The third-order valence-corrected chi connectivity index (χ3v) is 7.65. The van der Waals surface area contributed by atoms with Crippen LogP contribution in [0.2, 0.25) is 0 Å². The number of ether oxygens (including phenoxy) is 1. The first-order valence-corrected chi connectivity index (χ1v) is 12.1. The quantitative estimate of drug-likeness (QED) is 0.461. The lowest BCUT2D eigenvalue weighted by Gasteiger charge is -2.30. The molecule has 0 unspecified atom stereocenters. The van der Waals surface area contributed by atoms with Gasteiger partial charge in [0.15, 0.2) is 24.0 Å². The van der Waals surface area contributed by atoms with Gasteiger partial charge in [-0.05, 0) is 54.2 Å². The molecular formula is C24H27F2NO5S. The predicted octanol–water partition coefficient (Wildman–Crippen LogP) is 4.09. The molecule has 3 rings (SSSR count). The van der Waals surface area contributed by atoms with Crippen LogP contribution in [-0.4, -0.2) is 44.2 Å². The number of carbonyl (C=O) groups is 2. The summed E-state index contributed by atoms with van der Waals surface area (Å²) in [6.45, 7) is 5.85. The van der Waals surface area contributed by atoms with Crippen LogP contribution in [0.4, 0.5) is 8.78 Å². The van der Waals surface area contributed by atoms with Gasteiger partial charge in [0.05, 0.1) is 10.8 Å². The summed E-state index contributed by atoms with van der Waals surface area (Å²) in [5.74, 6) is -4.04. The van der Waals surface area contributed by atoms with Gasteiger partial charge in [-0.3, -0.25) is 9.59 Å². The van der Waals surface area contributed by atoms with Gasteiger partial charge in [0, 0.05) is 18.7 Å². The Kier molecular flexibility index (Phi) is 7.33. The molecule has 0 radical (unpaired) electrons. The van der Waals surface area contributed by atoms with E-state index in [9.17, 15) is 26.8 Å². The fourth-order valence-electron chi connectivity index (χ4n) is 3.62. The molecule has 2 aromatic rings. The molecule has 0 aromatic heterocycles. The fourth-order valence-corrected chi connectivity index (χ4v) is 5.08. The van der Waals surface area contributed by atoms with Crippen LogP contribution in [0.3, 0.4) is 0 Å². The van der Waals surface area contributed by atoms with Crippen LogP contribution in [0.15, 0.2) is 47.4 Å². The highest BCUT2D eigenvalue weighted by Crippen LogP contribution is 2.27. The molecular weight excluding hydrogens is 452 g/mol. The highest BCUT2D eigenvalue weighted by molar-refractivity contribution is 7.89. The molecule has 1 fully saturated rings. The zero-order chi connectivity index (χ0) is 24.4. The summed E-state index contributed by atoms with van der Waals surface area (Å²) in [5.41, 5.74) is 0.841. The average Bonchev–Trinajstić information content (AvgIpc) is 2.78. The summed E-state index contributed by atoms with van der Waals surface area (Å²) in [6.07, 6.45) is 0.523. The second-order valence-corrected chi connectivity index (χ2v) is 11.1. The first-order chi connectivity index (χ1) is 15.4. The molecule has 0 atom stereocenters. The molecule has 1 aliphatic rings. The number of Topliss-reactive ketones (excluding diaryl/α,β-unsaturated/α-hetero) is 1. The lowest BCUT2D eigenvalue weighted by atomic mass is 9.87. The number of carbonyl (C=O) groups excluding carboxylic acids is 2. The second kappa shape index (κ2) is 9.69. The van der Waals surface area contributed by atoms with Crippen molar-refractivity contribution < 1.29 is 31.5 Å². The first kappa shape index (κ1) is 25.0. The monoisotopic (exact) mass is 479 g/mol. The maximum Gasteiger partial charge on any atom is 0.309 e. The molecule has 0 aliphatic carbocycles. The van der Waals surface area contributed by atoms with Crippen molar-refractivity contribution in [1.29, 1.82) is 0 Å². The van der Waals surface area contributed by atoms with E-state index in [0.717, 1.165) is 23.8 Å². The van der Waals surface area contributed by atoms with Gasteiger partial charge in [0.25, 0.3) is 0 Å². The Labute approximate surface area is 192 Å². The van der Waals surface area contributed by atoms with E-state index in [1.165, 1.54) is 4.31 Å². The maximum atomic E-state index is 13.3. The SMILES string of the molecule is CC(C)(C)c1ccc(S(=O)(=O)N2CCC(C(=O)OCC(=O)c3ccc(F)c(F)c3)CC2)cc1. The van der Waals surface area contributed by atoms with Crippen molar-refractivity contribution in [2.75, 3.05) is 19.7 Å². The number of nitrogens with zero attached hydrogens (tertiary/aromatic N) is 1. The number of piperidine rings is 1. The smallest absolute Gasteiger partial charge is 0.309 e. The Morgan fingerprint density at radius 2 is 1.61 bits per heavy atom. The lowest BCUT2D eigenvalue weighted by Crippen LogP contribution is -2.40. The molecule has 178 valence electrons. The van der Waals surface area contributed by atoms with E-state index in [1.807, 2.05) is 20.8 Å². The molecule has 1 saturated heterocycles. The molecule has 33 heavy (non-hydrogen) atoms. The number of benzene rings is 2.